The molecule has 0 bridgehead atoms. The molecule has 14 heavy (non-hydrogen) atoms. The predicted octanol–water partition coefficient (Wildman–Crippen LogP) is 2.58. The van der Waals surface area contributed by atoms with E-state index in [4.69, 9.17) is 0 Å². The van der Waals surface area contributed by atoms with Gasteiger partial charge in [0.2, 0.25) is 0 Å². The fraction of sp³-hybridized carbons (Fsp3) is 0.636. The monoisotopic (exact) mass is 192 g/mol. The molecule has 0 unspecified atom stereocenters. The van der Waals surface area contributed by atoms with Crippen molar-refractivity contribution in [3.8, 4) is 0 Å². The standard InChI is InChI=1S/C11H16N2O/c1-8-11(13-10(7-14)12-8)9-5-3-2-4-6-9/h7,9H,2-6H2,1H3,(H,12,13). The Morgan fingerprint density at radius 3 is 2.64 bits per heavy atom. The molecule has 0 atom stereocenters. The number of aromatic nitrogens is 2. The molecule has 2 rings (SSSR count). The van der Waals surface area contributed by atoms with Gasteiger partial charge >= 0.3 is 0 Å². The van der Waals surface area contributed by atoms with E-state index in [9.17, 15) is 4.79 Å². The van der Waals surface area contributed by atoms with E-state index in [2.05, 4.69) is 9.97 Å². The van der Waals surface area contributed by atoms with Gasteiger partial charge in [-0.15, -0.1) is 0 Å². The van der Waals surface area contributed by atoms with Crippen molar-refractivity contribution in [2.45, 2.75) is 44.9 Å². The predicted molar refractivity (Wildman–Crippen MR) is 54.5 cm³/mol. The molecule has 3 heteroatoms. The number of aldehydes is 1. The maximum absolute atomic E-state index is 10.6. The summed E-state index contributed by atoms with van der Waals surface area (Å²) in [7, 11) is 0. The molecular formula is C11H16N2O. The smallest absolute Gasteiger partial charge is 0.185 e. The summed E-state index contributed by atoms with van der Waals surface area (Å²) < 4.78 is 0. The molecule has 0 aromatic carbocycles. The second-order valence-electron chi connectivity index (χ2n) is 4.09. The number of imidazole rings is 1. The van der Waals surface area contributed by atoms with E-state index in [1.54, 1.807) is 0 Å². The summed E-state index contributed by atoms with van der Waals surface area (Å²) in [5.41, 5.74) is 2.19. The van der Waals surface area contributed by atoms with Crippen LogP contribution in [0.2, 0.25) is 0 Å². The average molecular weight is 192 g/mol. The Morgan fingerprint density at radius 1 is 1.36 bits per heavy atom. The Balaban J connectivity index is 2.20. The van der Waals surface area contributed by atoms with Crippen LogP contribution in [-0.4, -0.2) is 16.3 Å². The van der Waals surface area contributed by atoms with Crippen LogP contribution in [0, 0.1) is 6.92 Å². The minimum Gasteiger partial charge on any atom is -0.340 e. The second-order valence-corrected chi connectivity index (χ2v) is 4.09. The van der Waals surface area contributed by atoms with E-state index in [1.807, 2.05) is 6.92 Å². The number of nitrogens with one attached hydrogen (secondary N) is 1. The molecule has 1 saturated carbocycles. The average Bonchev–Trinajstić information content (AvgIpc) is 2.61. The first-order valence-electron chi connectivity index (χ1n) is 5.33. The highest BCUT2D eigenvalue weighted by atomic mass is 16.1. The lowest BCUT2D eigenvalue weighted by Crippen LogP contribution is -2.06. The first-order valence-corrected chi connectivity index (χ1v) is 5.33. The number of hydrogen-bond acceptors (Lipinski definition) is 2. The third-order valence-corrected chi connectivity index (χ3v) is 3.04. The Kier molecular flexibility index (Phi) is 2.66. The Labute approximate surface area is 83.9 Å². The number of carbonyl (C=O) groups is 1. The summed E-state index contributed by atoms with van der Waals surface area (Å²) in [6.07, 6.45) is 7.19. The molecule has 0 amide bonds. The molecule has 0 spiro atoms. The number of aromatic amines is 1. The van der Waals surface area contributed by atoms with Crippen LogP contribution in [0.4, 0.5) is 0 Å². The lowest BCUT2D eigenvalue weighted by molar-refractivity contribution is 0.111. The molecule has 0 radical (unpaired) electrons. The number of carbonyl (C=O) groups excluding carboxylic acids is 1. The fourth-order valence-electron chi connectivity index (χ4n) is 2.33. The van der Waals surface area contributed by atoms with Crippen molar-refractivity contribution >= 4 is 6.29 Å². The summed E-state index contributed by atoms with van der Waals surface area (Å²) in [6.45, 7) is 2.00. The van der Waals surface area contributed by atoms with Crippen LogP contribution >= 0.6 is 0 Å². The zero-order chi connectivity index (χ0) is 9.97. The molecule has 1 aromatic rings. The Hall–Kier alpha value is -1.12. The number of rotatable bonds is 2. The van der Waals surface area contributed by atoms with Crippen molar-refractivity contribution in [3.05, 3.63) is 17.2 Å². The zero-order valence-electron chi connectivity index (χ0n) is 8.55. The highest BCUT2D eigenvalue weighted by Gasteiger charge is 2.20. The van der Waals surface area contributed by atoms with Crippen molar-refractivity contribution in [3.63, 3.8) is 0 Å². The number of aryl methyl sites for hydroxylation is 1. The Bertz CT molecular complexity index is 324. The fourth-order valence-corrected chi connectivity index (χ4v) is 2.33. The van der Waals surface area contributed by atoms with E-state index in [0.29, 0.717) is 11.7 Å². The minimum absolute atomic E-state index is 0.475. The van der Waals surface area contributed by atoms with E-state index in [-0.39, 0.29) is 0 Å². The van der Waals surface area contributed by atoms with Crippen molar-refractivity contribution in [1.82, 2.24) is 9.97 Å². The van der Waals surface area contributed by atoms with E-state index in [1.165, 1.54) is 32.1 Å². The van der Waals surface area contributed by atoms with Crippen LogP contribution < -0.4 is 0 Å². The number of nitrogens with zero attached hydrogens (tertiary/aromatic N) is 1. The molecule has 3 nitrogen and oxygen atoms in total. The first-order chi connectivity index (χ1) is 6.81. The van der Waals surface area contributed by atoms with Gasteiger partial charge in [0.05, 0.1) is 5.69 Å². The normalized spacial score (nSPS) is 18.4. The Morgan fingerprint density at radius 2 is 2.07 bits per heavy atom. The SMILES string of the molecule is Cc1[nH]c(C=O)nc1C1CCCCC1. The third kappa shape index (κ3) is 1.72. The van der Waals surface area contributed by atoms with Crippen molar-refractivity contribution in [2.75, 3.05) is 0 Å². The van der Waals surface area contributed by atoms with E-state index in [0.717, 1.165) is 17.7 Å². The van der Waals surface area contributed by atoms with Crippen LogP contribution in [0.1, 0.15) is 60.0 Å². The summed E-state index contributed by atoms with van der Waals surface area (Å²) in [4.78, 5) is 17.9. The van der Waals surface area contributed by atoms with Crippen LogP contribution in [0.15, 0.2) is 0 Å². The molecule has 1 N–H and O–H groups in total. The molecule has 1 aliphatic rings. The van der Waals surface area contributed by atoms with Gasteiger partial charge in [-0.1, -0.05) is 19.3 Å². The first kappa shape index (κ1) is 9.44. The van der Waals surface area contributed by atoms with Crippen LogP contribution in [-0.2, 0) is 0 Å². The van der Waals surface area contributed by atoms with Crippen LogP contribution in [0.25, 0.3) is 0 Å². The van der Waals surface area contributed by atoms with Gasteiger partial charge in [-0.25, -0.2) is 4.98 Å². The van der Waals surface area contributed by atoms with Crippen LogP contribution in [0.5, 0.6) is 0 Å². The summed E-state index contributed by atoms with van der Waals surface area (Å²) in [5.74, 6) is 1.05. The molecule has 1 aromatic heterocycles. The summed E-state index contributed by atoms with van der Waals surface area (Å²) in [5, 5.41) is 0. The quantitative estimate of drug-likeness (QED) is 0.732. The van der Waals surface area contributed by atoms with Gasteiger partial charge in [-0.3, -0.25) is 4.79 Å². The molecule has 0 saturated heterocycles. The highest BCUT2D eigenvalue weighted by molar-refractivity contribution is 5.69. The number of H-pyrrole nitrogens is 1. The van der Waals surface area contributed by atoms with E-state index < -0.39 is 0 Å². The largest absolute Gasteiger partial charge is 0.340 e. The zero-order valence-corrected chi connectivity index (χ0v) is 8.55. The third-order valence-electron chi connectivity index (χ3n) is 3.04. The van der Waals surface area contributed by atoms with Gasteiger partial charge < -0.3 is 4.98 Å². The summed E-state index contributed by atoms with van der Waals surface area (Å²) in [6, 6.07) is 0. The molecule has 1 fully saturated rings. The maximum Gasteiger partial charge on any atom is 0.185 e. The minimum atomic E-state index is 0.475. The summed E-state index contributed by atoms with van der Waals surface area (Å²) >= 11 is 0. The molecule has 0 aliphatic heterocycles. The highest BCUT2D eigenvalue weighted by Crippen LogP contribution is 2.32. The maximum atomic E-state index is 10.6. The molecule has 1 aliphatic carbocycles. The van der Waals surface area contributed by atoms with Gasteiger partial charge in [0.25, 0.3) is 0 Å². The number of hydrogen-bond donors (Lipinski definition) is 1. The van der Waals surface area contributed by atoms with Crippen LogP contribution in [0.3, 0.4) is 0 Å². The second kappa shape index (κ2) is 3.95. The molecule has 76 valence electrons. The van der Waals surface area contributed by atoms with E-state index >= 15 is 0 Å². The van der Waals surface area contributed by atoms with Crippen molar-refractivity contribution in [2.24, 2.45) is 0 Å². The van der Waals surface area contributed by atoms with Crippen molar-refractivity contribution in [1.29, 1.82) is 0 Å². The van der Waals surface area contributed by atoms with Gasteiger partial charge in [0.15, 0.2) is 12.1 Å². The van der Waals surface area contributed by atoms with Gasteiger partial charge in [-0.05, 0) is 19.8 Å². The topological polar surface area (TPSA) is 45.8 Å². The van der Waals surface area contributed by atoms with Crippen molar-refractivity contribution < 1.29 is 4.79 Å². The lowest BCUT2D eigenvalue weighted by Gasteiger charge is -2.20. The molecule has 1 heterocycles. The van der Waals surface area contributed by atoms with Gasteiger partial charge in [0, 0.05) is 11.6 Å². The molecular weight excluding hydrogens is 176 g/mol. The lowest BCUT2D eigenvalue weighted by atomic mass is 9.86. The van der Waals surface area contributed by atoms with Gasteiger partial charge in [0.1, 0.15) is 0 Å². The van der Waals surface area contributed by atoms with Gasteiger partial charge in [-0.2, -0.15) is 0 Å².